The molecule has 6 nitrogen and oxygen atoms in total. The zero-order valence-electron chi connectivity index (χ0n) is 10.4. The number of carbonyl (C=O) groups is 2. The molecule has 0 unspecified atom stereocenters. The van der Waals surface area contributed by atoms with E-state index in [-0.39, 0.29) is 24.2 Å². The van der Waals surface area contributed by atoms with E-state index in [1.807, 2.05) is 0 Å². The van der Waals surface area contributed by atoms with Gasteiger partial charge >= 0.3 is 0 Å². The van der Waals surface area contributed by atoms with Gasteiger partial charge in [0.2, 0.25) is 11.8 Å². The first-order valence-corrected chi connectivity index (χ1v) is 6.05. The molecular formula is C12H17N3O3. The molecule has 0 aromatic carbocycles. The third kappa shape index (κ3) is 2.88. The molecule has 1 aliphatic heterocycles. The maximum absolute atomic E-state index is 12.0. The molecule has 1 saturated heterocycles. The van der Waals surface area contributed by atoms with Gasteiger partial charge in [-0.15, -0.1) is 0 Å². The van der Waals surface area contributed by atoms with Gasteiger partial charge in [0.05, 0.1) is 12.1 Å². The summed E-state index contributed by atoms with van der Waals surface area (Å²) in [4.78, 5) is 24.8. The van der Waals surface area contributed by atoms with Crippen LogP contribution in [0, 0.1) is 12.8 Å². The molecule has 1 fully saturated rings. The molecule has 0 bridgehead atoms. The molecule has 2 amide bonds. The molecule has 2 heterocycles. The third-order valence-corrected chi connectivity index (χ3v) is 3.26. The number of hydrogen-bond donors (Lipinski definition) is 1. The molecule has 0 spiro atoms. The van der Waals surface area contributed by atoms with Gasteiger partial charge in [-0.05, 0) is 19.8 Å². The van der Waals surface area contributed by atoms with E-state index in [1.54, 1.807) is 17.9 Å². The monoisotopic (exact) mass is 251 g/mol. The van der Waals surface area contributed by atoms with Gasteiger partial charge in [0, 0.05) is 25.1 Å². The highest BCUT2D eigenvalue weighted by molar-refractivity contribution is 5.80. The number of nitrogens with two attached hydrogens (primary N) is 1. The van der Waals surface area contributed by atoms with Crippen molar-refractivity contribution < 1.29 is 14.1 Å². The lowest BCUT2D eigenvalue weighted by Gasteiger charge is -2.30. The van der Waals surface area contributed by atoms with Gasteiger partial charge in [-0.3, -0.25) is 9.59 Å². The highest BCUT2D eigenvalue weighted by atomic mass is 16.5. The molecule has 1 aromatic heterocycles. The number of aromatic nitrogens is 1. The van der Waals surface area contributed by atoms with Crippen molar-refractivity contribution in [2.24, 2.45) is 11.7 Å². The maximum Gasteiger partial charge on any atom is 0.228 e. The zero-order chi connectivity index (χ0) is 13.1. The number of aryl methyl sites for hydroxylation is 1. The van der Waals surface area contributed by atoms with Crippen LogP contribution in [0.25, 0.3) is 0 Å². The topological polar surface area (TPSA) is 89.4 Å². The van der Waals surface area contributed by atoms with Crippen LogP contribution in [0.5, 0.6) is 0 Å². The van der Waals surface area contributed by atoms with Crippen LogP contribution in [0.1, 0.15) is 24.3 Å². The molecular weight excluding hydrogens is 234 g/mol. The fourth-order valence-corrected chi connectivity index (χ4v) is 2.18. The zero-order valence-corrected chi connectivity index (χ0v) is 10.4. The van der Waals surface area contributed by atoms with Crippen molar-refractivity contribution in [3.05, 3.63) is 17.5 Å². The maximum atomic E-state index is 12.0. The van der Waals surface area contributed by atoms with Crippen molar-refractivity contribution in [1.82, 2.24) is 10.1 Å². The Morgan fingerprint density at radius 3 is 2.67 bits per heavy atom. The summed E-state index contributed by atoms with van der Waals surface area (Å²) in [6.45, 7) is 2.96. The molecule has 2 N–H and O–H groups in total. The van der Waals surface area contributed by atoms with Crippen LogP contribution < -0.4 is 5.73 Å². The summed E-state index contributed by atoms with van der Waals surface area (Å²) in [6, 6.07) is 1.76. The number of carbonyl (C=O) groups excluding carboxylic acids is 2. The molecule has 18 heavy (non-hydrogen) atoms. The second kappa shape index (κ2) is 5.20. The minimum atomic E-state index is -0.269. The largest absolute Gasteiger partial charge is 0.369 e. The lowest BCUT2D eigenvalue weighted by atomic mass is 9.96. The Bertz CT molecular complexity index is 447. The Hall–Kier alpha value is -1.85. The van der Waals surface area contributed by atoms with Crippen LogP contribution in [0.3, 0.4) is 0 Å². The molecule has 0 aliphatic carbocycles. The van der Waals surface area contributed by atoms with Gasteiger partial charge in [-0.2, -0.15) is 0 Å². The fraction of sp³-hybridized carbons (Fsp3) is 0.583. The summed E-state index contributed by atoms with van der Waals surface area (Å²) in [5.74, 6) is 0.356. The van der Waals surface area contributed by atoms with Crippen LogP contribution in [-0.4, -0.2) is 35.0 Å². The van der Waals surface area contributed by atoms with Crippen LogP contribution in [0.15, 0.2) is 10.6 Å². The highest BCUT2D eigenvalue weighted by Crippen LogP contribution is 2.17. The van der Waals surface area contributed by atoms with Crippen LogP contribution >= 0.6 is 0 Å². The Kier molecular flexibility index (Phi) is 3.64. The van der Waals surface area contributed by atoms with E-state index >= 15 is 0 Å². The van der Waals surface area contributed by atoms with E-state index in [1.165, 1.54) is 0 Å². The predicted octanol–water partition coefficient (Wildman–Crippen LogP) is 0.249. The fourth-order valence-electron chi connectivity index (χ4n) is 2.18. The van der Waals surface area contributed by atoms with Gasteiger partial charge in [-0.25, -0.2) is 0 Å². The average molecular weight is 251 g/mol. The first-order chi connectivity index (χ1) is 8.56. The van der Waals surface area contributed by atoms with Gasteiger partial charge < -0.3 is 15.2 Å². The normalized spacial score (nSPS) is 16.8. The van der Waals surface area contributed by atoms with Gasteiger partial charge in [-0.1, -0.05) is 5.16 Å². The molecule has 2 rings (SSSR count). The Balaban J connectivity index is 1.86. The van der Waals surface area contributed by atoms with E-state index in [0.29, 0.717) is 37.4 Å². The summed E-state index contributed by atoms with van der Waals surface area (Å²) in [5.41, 5.74) is 5.90. The van der Waals surface area contributed by atoms with E-state index < -0.39 is 0 Å². The third-order valence-electron chi connectivity index (χ3n) is 3.26. The summed E-state index contributed by atoms with van der Waals surface area (Å²) in [6.07, 6.45) is 1.55. The smallest absolute Gasteiger partial charge is 0.228 e. The summed E-state index contributed by atoms with van der Waals surface area (Å²) < 4.78 is 4.92. The lowest BCUT2D eigenvalue weighted by molar-refractivity contribution is -0.134. The van der Waals surface area contributed by atoms with E-state index in [4.69, 9.17) is 10.3 Å². The number of rotatable bonds is 3. The van der Waals surface area contributed by atoms with Crippen molar-refractivity contribution in [1.29, 1.82) is 0 Å². The summed E-state index contributed by atoms with van der Waals surface area (Å²) in [5, 5.41) is 3.80. The summed E-state index contributed by atoms with van der Waals surface area (Å²) in [7, 11) is 0. The SMILES string of the molecule is Cc1cc(CC(=O)N2CCC(C(N)=O)CC2)no1. The molecule has 0 saturated carbocycles. The number of piperidine rings is 1. The quantitative estimate of drug-likeness (QED) is 0.833. The molecule has 6 heteroatoms. The minimum absolute atomic E-state index is 0.0196. The number of hydrogen-bond acceptors (Lipinski definition) is 4. The molecule has 1 aliphatic rings. The second-order valence-electron chi connectivity index (χ2n) is 4.66. The number of amides is 2. The number of nitrogens with zero attached hydrogens (tertiary/aromatic N) is 2. The molecule has 1 aromatic rings. The first kappa shape index (κ1) is 12.6. The average Bonchev–Trinajstić information content (AvgIpc) is 2.75. The molecule has 0 radical (unpaired) electrons. The Morgan fingerprint density at radius 1 is 1.50 bits per heavy atom. The van der Waals surface area contributed by atoms with E-state index in [2.05, 4.69) is 5.16 Å². The van der Waals surface area contributed by atoms with E-state index in [0.717, 1.165) is 0 Å². The van der Waals surface area contributed by atoms with Gasteiger partial charge in [0.1, 0.15) is 5.76 Å². The molecule has 98 valence electrons. The first-order valence-electron chi connectivity index (χ1n) is 6.05. The standard InChI is InChI=1S/C12H17N3O3/c1-8-6-10(14-18-8)7-11(16)15-4-2-9(3-5-15)12(13)17/h6,9H,2-5,7H2,1H3,(H2,13,17). The van der Waals surface area contributed by atoms with Crippen LogP contribution in [0.2, 0.25) is 0 Å². The van der Waals surface area contributed by atoms with Gasteiger partial charge in [0.15, 0.2) is 0 Å². The highest BCUT2D eigenvalue weighted by Gasteiger charge is 2.26. The Morgan fingerprint density at radius 2 is 2.17 bits per heavy atom. The van der Waals surface area contributed by atoms with Crippen molar-refractivity contribution in [3.63, 3.8) is 0 Å². The van der Waals surface area contributed by atoms with Crippen molar-refractivity contribution in [3.8, 4) is 0 Å². The van der Waals surface area contributed by atoms with Crippen molar-refractivity contribution >= 4 is 11.8 Å². The number of primary amides is 1. The van der Waals surface area contributed by atoms with Crippen LogP contribution in [0.4, 0.5) is 0 Å². The van der Waals surface area contributed by atoms with E-state index in [9.17, 15) is 9.59 Å². The van der Waals surface area contributed by atoms with Crippen LogP contribution in [-0.2, 0) is 16.0 Å². The molecule has 0 atom stereocenters. The van der Waals surface area contributed by atoms with Crippen molar-refractivity contribution in [2.75, 3.05) is 13.1 Å². The van der Waals surface area contributed by atoms with Crippen molar-refractivity contribution in [2.45, 2.75) is 26.2 Å². The Labute approximate surface area is 105 Å². The predicted molar refractivity (Wildman–Crippen MR) is 63.4 cm³/mol. The minimum Gasteiger partial charge on any atom is -0.369 e. The second-order valence-corrected chi connectivity index (χ2v) is 4.66. The number of likely N-dealkylation sites (tertiary alicyclic amines) is 1. The summed E-state index contributed by atoms with van der Waals surface area (Å²) >= 11 is 0. The van der Waals surface area contributed by atoms with Gasteiger partial charge in [0.25, 0.3) is 0 Å². The lowest BCUT2D eigenvalue weighted by Crippen LogP contribution is -2.42.